The van der Waals surface area contributed by atoms with Crippen LogP contribution < -0.4 is 10.6 Å². The monoisotopic (exact) mass is 401 g/mol. The van der Waals surface area contributed by atoms with Crippen molar-refractivity contribution >= 4 is 33.0 Å². The van der Waals surface area contributed by atoms with Gasteiger partial charge in [-0.3, -0.25) is 14.5 Å². The predicted octanol–water partition coefficient (Wildman–Crippen LogP) is 2.00. The highest BCUT2D eigenvalue weighted by molar-refractivity contribution is 7.91. The third-order valence-corrected chi connectivity index (χ3v) is 6.45. The van der Waals surface area contributed by atoms with Crippen LogP contribution in [0, 0.1) is 0 Å². The Labute approximate surface area is 164 Å². The first kappa shape index (κ1) is 20.0. The van der Waals surface area contributed by atoms with Gasteiger partial charge in [0.2, 0.25) is 5.91 Å². The summed E-state index contributed by atoms with van der Waals surface area (Å²) in [4.78, 5) is 26.8. The summed E-state index contributed by atoms with van der Waals surface area (Å²) in [5.74, 6) is -0.386. The number of sulfone groups is 1. The van der Waals surface area contributed by atoms with Crippen LogP contribution in [0.4, 0.5) is 11.4 Å². The molecule has 3 rings (SSSR count). The Morgan fingerprint density at radius 1 is 1.04 bits per heavy atom. The van der Waals surface area contributed by atoms with Crippen molar-refractivity contribution in [2.75, 3.05) is 35.7 Å². The molecule has 1 saturated heterocycles. The Morgan fingerprint density at radius 3 is 2.39 bits per heavy atom. The number of para-hydroxylation sites is 2. The van der Waals surface area contributed by atoms with Gasteiger partial charge in [0.1, 0.15) is 0 Å². The number of amides is 2. The Morgan fingerprint density at radius 2 is 1.71 bits per heavy atom. The van der Waals surface area contributed by atoms with E-state index in [4.69, 9.17) is 0 Å². The zero-order valence-corrected chi connectivity index (χ0v) is 16.4. The van der Waals surface area contributed by atoms with Crippen LogP contribution in [0.15, 0.2) is 54.6 Å². The highest BCUT2D eigenvalue weighted by atomic mass is 32.2. The molecule has 0 saturated carbocycles. The molecule has 0 radical (unpaired) electrons. The molecule has 28 heavy (non-hydrogen) atoms. The first-order valence-electron chi connectivity index (χ1n) is 9.00. The standard InChI is InChI=1S/C20H23N3O4S/c1-23(16-11-12-28(26,27)14-16)13-19(24)22-18-10-6-5-9-17(18)20(25)21-15-7-3-2-4-8-15/h2-10,16H,11-14H2,1H3,(H,21,25)(H,22,24)/t16-/m1/s1. The normalized spacial score (nSPS) is 18.0. The smallest absolute Gasteiger partial charge is 0.257 e. The Hall–Kier alpha value is -2.71. The molecule has 7 nitrogen and oxygen atoms in total. The lowest BCUT2D eigenvalue weighted by Gasteiger charge is -2.22. The van der Waals surface area contributed by atoms with Crippen molar-refractivity contribution in [1.29, 1.82) is 0 Å². The summed E-state index contributed by atoms with van der Waals surface area (Å²) < 4.78 is 23.2. The molecule has 1 atom stereocenters. The molecule has 2 N–H and O–H groups in total. The van der Waals surface area contributed by atoms with Crippen LogP contribution in [0.3, 0.4) is 0 Å². The van der Waals surface area contributed by atoms with E-state index < -0.39 is 9.84 Å². The highest BCUT2D eigenvalue weighted by Crippen LogP contribution is 2.19. The summed E-state index contributed by atoms with van der Waals surface area (Å²) >= 11 is 0. The van der Waals surface area contributed by atoms with E-state index >= 15 is 0 Å². The minimum absolute atomic E-state index is 0.0504. The van der Waals surface area contributed by atoms with E-state index in [1.54, 1.807) is 48.3 Å². The van der Waals surface area contributed by atoms with E-state index in [-0.39, 0.29) is 35.9 Å². The van der Waals surface area contributed by atoms with E-state index in [9.17, 15) is 18.0 Å². The molecule has 2 aromatic rings. The van der Waals surface area contributed by atoms with Crippen molar-refractivity contribution in [3.05, 3.63) is 60.2 Å². The number of anilines is 2. The van der Waals surface area contributed by atoms with E-state index in [0.29, 0.717) is 23.4 Å². The van der Waals surface area contributed by atoms with Crippen LogP contribution in [-0.2, 0) is 14.6 Å². The number of carbonyl (C=O) groups excluding carboxylic acids is 2. The van der Waals surface area contributed by atoms with Crippen LogP contribution in [0.2, 0.25) is 0 Å². The Bertz CT molecular complexity index is 960. The molecule has 0 unspecified atom stereocenters. The number of hydrogen-bond acceptors (Lipinski definition) is 5. The maximum Gasteiger partial charge on any atom is 0.257 e. The fourth-order valence-corrected chi connectivity index (χ4v) is 4.98. The molecule has 2 amide bonds. The summed E-state index contributed by atoms with van der Waals surface area (Å²) in [7, 11) is -1.27. The van der Waals surface area contributed by atoms with Gasteiger partial charge >= 0.3 is 0 Å². The van der Waals surface area contributed by atoms with Crippen molar-refractivity contribution in [2.24, 2.45) is 0 Å². The largest absolute Gasteiger partial charge is 0.324 e. The second-order valence-electron chi connectivity index (χ2n) is 6.89. The predicted molar refractivity (Wildman–Crippen MR) is 109 cm³/mol. The molecular weight excluding hydrogens is 378 g/mol. The van der Waals surface area contributed by atoms with Gasteiger partial charge in [0.15, 0.2) is 9.84 Å². The molecule has 1 aliphatic rings. The zero-order valence-electron chi connectivity index (χ0n) is 15.6. The third kappa shape index (κ3) is 5.17. The van der Waals surface area contributed by atoms with E-state index in [1.807, 2.05) is 18.2 Å². The molecule has 8 heteroatoms. The van der Waals surface area contributed by atoms with Crippen LogP contribution in [0.1, 0.15) is 16.8 Å². The lowest BCUT2D eigenvalue weighted by molar-refractivity contribution is -0.117. The third-order valence-electron chi connectivity index (χ3n) is 4.70. The average Bonchev–Trinajstić information content (AvgIpc) is 3.03. The van der Waals surface area contributed by atoms with Crippen molar-refractivity contribution in [1.82, 2.24) is 4.90 Å². The molecule has 0 aliphatic carbocycles. The summed E-state index contributed by atoms with van der Waals surface area (Å²) in [6, 6.07) is 15.7. The van der Waals surface area contributed by atoms with Gasteiger partial charge in [0.25, 0.3) is 5.91 Å². The lowest BCUT2D eigenvalue weighted by Crippen LogP contribution is -2.38. The number of hydrogen-bond donors (Lipinski definition) is 2. The van der Waals surface area contributed by atoms with Gasteiger partial charge in [0.05, 0.1) is 29.3 Å². The molecule has 1 aliphatic heterocycles. The number of nitrogens with one attached hydrogen (secondary N) is 2. The Balaban J connectivity index is 1.64. The molecular formula is C20H23N3O4S. The summed E-state index contributed by atoms with van der Waals surface area (Å²) in [5.41, 5.74) is 1.43. The minimum Gasteiger partial charge on any atom is -0.324 e. The highest BCUT2D eigenvalue weighted by Gasteiger charge is 2.31. The SMILES string of the molecule is CN(CC(=O)Nc1ccccc1C(=O)Nc1ccccc1)[C@@H]1CCS(=O)(=O)C1. The van der Waals surface area contributed by atoms with Gasteiger partial charge in [-0.1, -0.05) is 30.3 Å². The van der Waals surface area contributed by atoms with Gasteiger partial charge < -0.3 is 10.6 Å². The van der Waals surface area contributed by atoms with Crippen molar-refractivity contribution in [3.63, 3.8) is 0 Å². The molecule has 1 fully saturated rings. The van der Waals surface area contributed by atoms with E-state index in [2.05, 4.69) is 10.6 Å². The number of benzene rings is 2. The number of nitrogens with zero attached hydrogens (tertiary/aromatic N) is 1. The Kier molecular flexibility index (Phi) is 6.11. The minimum atomic E-state index is -3.01. The molecule has 148 valence electrons. The molecule has 0 bridgehead atoms. The fourth-order valence-electron chi connectivity index (χ4n) is 3.18. The van der Waals surface area contributed by atoms with Crippen LogP contribution in [0.5, 0.6) is 0 Å². The van der Waals surface area contributed by atoms with E-state index in [0.717, 1.165) is 0 Å². The number of carbonyl (C=O) groups is 2. The molecule has 2 aromatic carbocycles. The molecule has 0 aromatic heterocycles. The maximum atomic E-state index is 12.6. The summed E-state index contributed by atoms with van der Waals surface area (Å²) in [5, 5.41) is 5.56. The summed E-state index contributed by atoms with van der Waals surface area (Å²) in [6.45, 7) is 0.0504. The van der Waals surface area contributed by atoms with Gasteiger partial charge in [0, 0.05) is 11.7 Å². The first-order chi connectivity index (χ1) is 13.3. The van der Waals surface area contributed by atoms with Crippen molar-refractivity contribution in [2.45, 2.75) is 12.5 Å². The van der Waals surface area contributed by atoms with Crippen molar-refractivity contribution < 1.29 is 18.0 Å². The van der Waals surface area contributed by atoms with E-state index in [1.165, 1.54) is 0 Å². The zero-order chi connectivity index (χ0) is 20.1. The maximum absolute atomic E-state index is 12.6. The average molecular weight is 401 g/mol. The van der Waals surface area contributed by atoms with Crippen LogP contribution in [-0.4, -0.2) is 56.3 Å². The first-order valence-corrected chi connectivity index (χ1v) is 10.8. The number of rotatable bonds is 6. The number of likely N-dealkylation sites (N-methyl/N-ethyl adjacent to an activating group) is 1. The fraction of sp³-hybridized carbons (Fsp3) is 0.300. The quantitative estimate of drug-likeness (QED) is 0.772. The van der Waals surface area contributed by atoms with Crippen LogP contribution in [0.25, 0.3) is 0 Å². The topological polar surface area (TPSA) is 95.6 Å². The van der Waals surface area contributed by atoms with Gasteiger partial charge in [-0.15, -0.1) is 0 Å². The summed E-state index contributed by atoms with van der Waals surface area (Å²) in [6.07, 6.45) is 0.530. The molecule has 0 spiro atoms. The van der Waals surface area contributed by atoms with Crippen molar-refractivity contribution in [3.8, 4) is 0 Å². The van der Waals surface area contributed by atoms with Gasteiger partial charge in [-0.05, 0) is 37.7 Å². The second-order valence-corrected chi connectivity index (χ2v) is 9.11. The lowest BCUT2D eigenvalue weighted by atomic mass is 10.1. The van der Waals surface area contributed by atoms with Gasteiger partial charge in [-0.25, -0.2) is 8.42 Å². The van der Waals surface area contributed by atoms with Gasteiger partial charge in [-0.2, -0.15) is 0 Å². The van der Waals surface area contributed by atoms with Crippen LogP contribution >= 0.6 is 0 Å². The second kappa shape index (κ2) is 8.53. The molecule has 1 heterocycles.